The summed E-state index contributed by atoms with van der Waals surface area (Å²) in [4.78, 5) is 17.4. The lowest BCUT2D eigenvalue weighted by atomic mass is 9.78. The maximum absolute atomic E-state index is 12.9. The number of nitrogens with one attached hydrogen (secondary N) is 1. The van der Waals surface area contributed by atoms with Gasteiger partial charge in [-0.2, -0.15) is 5.26 Å². The highest BCUT2D eigenvalue weighted by Crippen LogP contribution is 2.42. The zero-order valence-electron chi connectivity index (χ0n) is 11.8. The number of aromatic nitrogens is 1. The highest BCUT2D eigenvalue weighted by Gasteiger charge is 2.42. The number of hydrogen-bond acceptors (Lipinski definition) is 4. The van der Waals surface area contributed by atoms with Gasteiger partial charge in [0.1, 0.15) is 10.9 Å². The van der Waals surface area contributed by atoms with Crippen LogP contribution in [0.2, 0.25) is 5.02 Å². The molecule has 1 aliphatic rings. The summed E-state index contributed by atoms with van der Waals surface area (Å²) in [5.41, 5.74) is 0.465. The zero-order chi connectivity index (χ0) is 15.6. The predicted molar refractivity (Wildman–Crippen MR) is 87.1 cm³/mol. The van der Waals surface area contributed by atoms with Gasteiger partial charge in [0.15, 0.2) is 5.13 Å². The van der Waals surface area contributed by atoms with Gasteiger partial charge in [-0.15, -0.1) is 0 Å². The molecule has 0 aliphatic heterocycles. The van der Waals surface area contributed by atoms with Gasteiger partial charge in [0, 0.05) is 5.02 Å². The Morgan fingerprint density at radius 2 is 2.00 bits per heavy atom. The fourth-order valence-electron chi connectivity index (χ4n) is 2.99. The Hall–Kier alpha value is -1.90. The minimum absolute atomic E-state index is 0.0498. The van der Waals surface area contributed by atoms with Crippen LogP contribution in [0.25, 0.3) is 0 Å². The molecular formula is C16H14ClN3OS. The van der Waals surface area contributed by atoms with Gasteiger partial charge < -0.3 is 5.32 Å². The Morgan fingerprint density at radius 1 is 1.32 bits per heavy atom. The Morgan fingerprint density at radius 3 is 2.59 bits per heavy atom. The second-order valence-electron chi connectivity index (χ2n) is 5.39. The lowest BCUT2D eigenvalue weighted by Gasteiger charge is -2.27. The van der Waals surface area contributed by atoms with Gasteiger partial charge in [-0.1, -0.05) is 47.9 Å². The molecule has 4 nitrogen and oxygen atoms in total. The SMILES string of the molecule is N#Cc1cnc(NC(=O)C2(c3ccc(Cl)cc3)CCCC2)s1. The largest absolute Gasteiger partial charge is 0.301 e. The van der Waals surface area contributed by atoms with E-state index in [2.05, 4.69) is 10.3 Å². The Bertz CT molecular complexity index is 727. The molecule has 0 spiro atoms. The van der Waals surface area contributed by atoms with Crippen LogP contribution in [0, 0.1) is 11.3 Å². The summed E-state index contributed by atoms with van der Waals surface area (Å²) < 4.78 is 0. The molecule has 0 unspecified atom stereocenters. The third-order valence-electron chi connectivity index (χ3n) is 4.12. The average molecular weight is 332 g/mol. The number of thiazole rings is 1. The predicted octanol–water partition coefficient (Wildman–Crippen LogP) is 4.12. The van der Waals surface area contributed by atoms with E-state index in [9.17, 15) is 4.79 Å². The molecule has 1 aromatic carbocycles. The molecule has 1 N–H and O–H groups in total. The highest BCUT2D eigenvalue weighted by molar-refractivity contribution is 7.16. The number of nitrogens with zero attached hydrogens (tertiary/aromatic N) is 2. The Balaban J connectivity index is 1.88. The van der Waals surface area contributed by atoms with Crippen LogP contribution < -0.4 is 5.32 Å². The van der Waals surface area contributed by atoms with E-state index in [0.717, 1.165) is 31.2 Å². The minimum Gasteiger partial charge on any atom is -0.301 e. The quantitative estimate of drug-likeness (QED) is 0.920. The van der Waals surface area contributed by atoms with Gasteiger partial charge in [0.05, 0.1) is 11.6 Å². The van der Waals surface area contributed by atoms with Crippen LogP contribution in [-0.4, -0.2) is 10.9 Å². The molecule has 0 saturated heterocycles. The van der Waals surface area contributed by atoms with E-state index in [1.807, 2.05) is 30.3 Å². The molecule has 0 bridgehead atoms. The number of amides is 1. The maximum atomic E-state index is 12.9. The molecule has 2 aromatic rings. The number of rotatable bonds is 3. The van der Waals surface area contributed by atoms with Crippen LogP contribution in [0.3, 0.4) is 0 Å². The summed E-state index contributed by atoms with van der Waals surface area (Å²) in [5, 5.41) is 12.9. The van der Waals surface area contributed by atoms with E-state index in [1.165, 1.54) is 17.5 Å². The monoisotopic (exact) mass is 331 g/mol. The number of carbonyl (C=O) groups excluding carboxylic acids is 1. The van der Waals surface area contributed by atoms with E-state index in [4.69, 9.17) is 16.9 Å². The summed E-state index contributed by atoms with van der Waals surface area (Å²) in [5.74, 6) is -0.0498. The van der Waals surface area contributed by atoms with Crippen molar-refractivity contribution in [2.45, 2.75) is 31.1 Å². The first-order chi connectivity index (χ1) is 10.6. The second-order valence-corrected chi connectivity index (χ2v) is 6.86. The van der Waals surface area contributed by atoms with Crippen molar-refractivity contribution in [3.05, 3.63) is 45.9 Å². The highest BCUT2D eigenvalue weighted by atomic mass is 35.5. The van der Waals surface area contributed by atoms with Crippen LogP contribution in [0.15, 0.2) is 30.5 Å². The molecule has 0 atom stereocenters. The van der Waals surface area contributed by atoms with Crippen molar-refractivity contribution in [3.8, 4) is 6.07 Å². The number of nitriles is 1. The molecule has 1 fully saturated rings. The topological polar surface area (TPSA) is 65.8 Å². The standard InChI is InChI=1S/C16H14ClN3OS/c17-12-5-3-11(4-6-12)16(7-1-2-8-16)14(21)20-15-19-10-13(9-18)22-15/h3-6,10H,1-2,7-8H2,(H,19,20,21). The summed E-state index contributed by atoms with van der Waals surface area (Å²) in [6.07, 6.45) is 5.16. The smallest absolute Gasteiger partial charge is 0.236 e. The Kier molecular flexibility index (Phi) is 4.14. The van der Waals surface area contributed by atoms with Gasteiger partial charge in [-0.25, -0.2) is 4.98 Å². The van der Waals surface area contributed by atoms with Crippen molar-refractivity contribution in [2.24, 2.45) is 0 Å². The fourth-order valence-corrected chi connectivity index (χ4v) is 3.73. The number of anilines is 1. The third-order valence-corrected chi connectivity index (χ3v) is 5.19. The van der Waals surface area contributed by atoms with Gasteiger partial charge in [-0.3, -0.25) is 4.79 Å². The van der Waals surface area contributed by atoms with Crippen molar-refractivity contribution in [3.63, 3.8) is 0 Å². The normalized spacial score (nSPS) is 16.2. The van der Waals surface area contributed by atoms with Gasteiger partial charge in [0.25, 0.3) is 0 Å². The molecule has 1 aromatic heterocycles. The summed E-state index contributed by atoms with van der Waals surface area (Å²) in [6, 6.07) is 9.52. The molecular weight excluding hydrogens is 318 g/mol. The van der Waals surface area contributed by atoms with E-state index >= 15 is 0 Å². The van der Waals surface area contributed by atoms with E-state index in [-0.39, 0.29) is 5.91 Å². The van der Waals surface area contributed by atoms with E-state index in [0.29, 0.717) is 15.0 Å². The van der Waals surface area contributed by atoms with Crippen LogP contribution in [0.1, 0.15) is 36.1 Å². The van der Waals surface area contributed by atoms with E-state index < -0.39 is 5.41 Å². The fraction of sp³-hybridized carbons (Fsp3) is 0.312. The van der Waals surface area contributed by atoms with Crippen molar-refractivity contribution < 1.29 is 4.79 Å². The molecule has 0 radical (unpaired) electrons. The number of halogens is 1. The van der Waals surface area contributed by atoms with Crippen molar-refractivity contribution in [2.75, 3.05) is 5.32 Å². The van der Waals surface area contributed by atoms with E-state index in [1.54, 1.807) is 0 Å². The zero-order valence-corrected chi connectivity index (χ0v) is 13.4. The van der Waals surface area contributed by atoms with Crippen LogP contribution in [0.5, 0.6) is 0 Å². The second kappa shape index (κ2) is 6.07. The number of benzene rings is 1. The van der Waals surface area contributed by atoms with Crippen LogP contribution in [-0.2, 0) is 10.2 Å². The van der Waals surface area contributed by atoms with Crippen molar-refractivity contribution >= 4 is 34.0 Å². The van der Waals surface area contributed by atoms with Gasteiger partial charge >= 0.3 is 0 Å². The molecule has 1 heterocycles. The van der Waals surface area contributed by atoms with Crippen LogP contribution in [0.4, 0.5) is 5.13 Å². The molecule has 1 aliphatic carbocycles. The minimum atomic E-state index is -0.525. The number of hydrogen-bond donors (Lipinski definition) is 1. The lowest BCUT2D eigenvalue weighted by Crippen LogP contribution is -2.37. The summed E-state index contributed by atoms with van der Waals surface area (Å²) >= 11 is 7.14. The average Bonchev–Trinajstić information content (AvgIpc) is 3.17. The summed E-state index contributed by atoms with van der Waals surface area (Å²) in [6.45, 7) is 0. The first-order valence-corrected chi connectivity index (χ1v) is 8.27. The van der Waals surface area contributed by atoms with Gasteiger partial charge in [-0.05, 0) is 30.5 Å². The van der Waals surface area contributed by atoms with Gasteiger partial charge in [0.2, 0.25) is 5.91 Å². The number of carbonyl (C=O) groups is 1. The van der Waals surface area contributed by atoms with Crippen molar-refractivity contribution in [1.29, 1.82) is 5.26 Å². The first kappa shape index (κ1) is 15.0. The summed E-state index contributed by atoms with van der Waals surface area (Å²) in [7, 11) is 0. The molecule has 3 rings (SSSR count). The third kappa shape index (κ3) is 2.72. The molecule has 112 valence electrons. The Labute approximate surface area is 137 Å². The van der Waals surface area contributed by atoms with Crippen LogP contribution >= 0.6 is 22.9 Å². The lowest BCUT2D eigenvalue weighted by molar-refractivity contribution is -0.121. The molecule has 1 amide bonds. The van der Waals surface area contributed by atoms with Crippen molar-refractivity contribution in [1.82, 2.24) is 4.98 Å². The first-order valence-electron chi connectivity index (χ1n) is 7.07. The molecule has 22 heavy (non-hydrogen) atoms. The molecule has 1 saturated carbocycles. The molecule has 6 heteroatoms. The maximum Gasteiger partial charge on any atom is 0.236 e.